The molecule has 0 bridgehead atoms. The Morgan fingerprint density at radius 1 is 1.15 bits per heavy atom. The number of hydrogen-bond donors (Lipinski definition) is 1. The van der Waals surface area contributed by atoms with Crippen molar-refractivity contribution >= 4 is 23.6 Å². The minimum atomic E-state index is -0.670. The average molecular weight is 348 g/mol. The van der Waals surface area contributed by atoms with Gasteiger partial charge in [0.25, 0.3) is 5.91 Å². The van der Waals surface area contributed by atoms with Gasteiger partial charge in [0.05, 0.1) is 6.10 Å². The topological polar surface area (TPSA) is 79.2 Å². The zero-order valence-electron chi connectivity index (χ0n) is 14.9. The average Bonchev–Trinajstić information content (AvgIpc) is 2.59. The summed E-state index contributed by atoms with van der Waals surface area (Å²) in [5, 5.41) is 12.0. The predicted molar refractivity (Wildman–Crippen MR) is 100 cm³/mol. The summed E-state index contributed by atoms with van der Waals surface area (Å²) in [5.41, 5.74) is 2.71. The van der Waals surface area contributed by atoms with Gasteiger partial charge in [-0.15, -0.1) is 0 Å². The Bertz CT molecular complexity index is 875. The molecule has 0 fully saturated rings. The Morgan fingerprint density at radius 3 is 2.46 bits per heavy atom. The maximum Gasteiger partial charge on any atom is 0.349 e. The molecule has 26 heavy (non-hydrogen) atoms. The number of esters is 1. The predicted octanol–water partition coefficient (Wildman–Crippen LogP) is 4.11. The number of amides is 1. The van der Waals surface area contributed by atoms with Gasteiger partial charge in [-0.1, -0.05) is 29.8 Å². The van der Waals surface area contributed by atoms with E-state index in [1.165, 1.54) is 6.08 Å². The van der Waals surface area contributed by atoms with Crippen molar-refractivity contribution in [1.29, 1.82) is 5.26 Å². The van der Waals surface area contributed by atoms with Gasteiger partial charge < -0.3 is 10.1 Å². The molecular weight excluding hydrogens is 328 g/mol. The molecule has 1 N–H and O–H groups in total. The summed E-state index contributed by atoms with van der Waals surface area (Å²) in [5.74, 6) is -0.901. The number of ether oxygens (including phenoxy) is 1. The van der Waals surface area contributed by atoms with Crippen LogP contribution in [0.15, 0.2) is 54.1 Å². The van der Waals surface area contributed by atoms with Gasteiger partial charge in [0.1, 0.15) is 11.6 Å². The van der Waals surface area contributed by atoms with E-state index in [2.05, 4.69) is 5.32 Å². The van der Waals surface area contributed by atoms with Crippen molar-refractivity contribution < 1.29 is 14.3 Å². The number of carbonyl (C=O) groups is 2. The van der Waals surface area contributed by atoms with Crippen molar-refractivity contribution in [2.45, 2.75) is 26.9 Å². The van der Waals surface area contributed by atoms with E-state index in [-0.39, 0.29) is 17.6 Å². The van der Waals surface area contributed by atoms with E-state index in [0.29, 0.717) is 16.8 Å². The molecule has 2 rings (SSSR count). The van der Waals surface area contributed by atoms with Crippen LogP contribution in [0.1, 0.15) is 35.3 Å². The number of benzene rings is 2. The summed E-state index contributed by atoms with van der Waals surface area (Å²) >= 11 is 0. The van der Waals surface area contributed by atoms with Crippen LogP contribution < -0.4 is 5.32 Å². The zero-order chi connectivity index (χ0) is 19.1. The van der Waals surface area contributed by atoms with E-state index in [1.54, 1.807) is 50.2 Å². The second kappa shape index (κ2) is 8.63. The first-order chi connectivity index (χ1) is 12.4. The van der Waals surface area contributed by atoms with Crippen molar-refractivity contribution in [2.75, 3.05) is 5.32 Å². The summed E-state index contributed by atoms with van der Waals surface area (Å²) < 4.78 is 5.04. The van der Waals surface area contributed by atoms with Crippen LogP contribution in [0.2, 0.25) is 0 Å². The van der Waals surface area contributed by atoms with Crippen molar-refractivity contribution in [1.82, 2.24) is 0 Å². The molecule has 0 saturated heterocycles. The van der Waals surface area contributed by atoms with Gasteiger partial charge >= 0.3 is 5.97 Å². The minimum Gasteiger partial charge on any atom is -0.459 e. The molecule has 0 heterocycles. The van der Waals surface area contributed by atoms with Gasteiger partial charge in [-0.2, -0.15) is 5.26 Å². The largest absolute Gasteiger partial charge is 0.459 e. The third-order valence-corrected chi connectivity index (χ3v) is 3.45. The third kappa shape index (κ3) is 5.32. The Kier molecular flexibility index (Phi) is 6.29. The Balaban J connectivity index is 2.18. The molecule has 0 unspecified atom stereocenters. The lowest BCUT2D eigenvalue weighted by molar-refractivity contribution is -0.142. The molecule has 132 valence electrons. The molecule has 0 spiro atoms. The summed E-state index contributed by atoms with van der Waals surface area (Å²) in [7, 11) is 0. The monoisotopic (exact) mass is 348 g/mol. The second-order valence-electron chi connectivity index (χ2n) is 6.07. The number of rotatable bonds is 5. The first-order valence-corrected chi connectivity index (χ1v) is 8.20. The summed E-state index contributed by atoms with van der Waals surface area (Å²) in [6.07, 6.45) is 1.13. The van der Waals surface area contributed by atoms with E-state index in [0.717, 1.165) is 5.56 Å². The number of nitriles is 1. The van der Waals surface area contributed by atoms with Crippen LogP contribution >= 0.6 is 0 Å². The fourth-order valence-corrected chi connectivity index (χ4v) is 2.20. The third-order valence-electron chi connectivity index (χ3n) is 3.45. The van der Waals surface area contributed by atoms with Gasteiger partial charge in [-0.25, -0.2) is 4.79 Å². The van der Waals surface area contributed by atoms with Crippen molar-refractivity contribution in [2.24, 2.45) is 0 Å². The van der Waals surface area contributed by atoms with E-state index in [4.69, 9.17) is 10.00 Å². The minimum absolute atomic E-state index is 0.0966. The van der Waals surface area contributed by atoms with Gasteiger partial charge in [0.2, 0.25) is 0 Å². The van der Waals surface area contributed by atoms with Gasteiger partial charge in [0, 0.05) is 11.3 Å². The van der Waals surface area contributed by atoms with Crippen LogP contribution in [0.25, 0.3) is 6.08 Å². The molecule has 0 saturated carbocycles. The first-order valence-electron chi connectivity index (χ1n) is 8.20. The summed E-state index contributed by atoms with van der Waals surface area (Å²) in [6, 6.07) is 16.0. The Hall–Kier alpha value is -3.39. The summed E-state index contributed by atoms with van der Waals surface area (Å²) in [6.45, 7) is 5.39. The maximum absolute atomic E-state index is 12.3. The van der Waals surface area contributed by atoms with Crippen LogP contribution in [0, 0.1) is 18.3 Å². The molecule has 0 radical (unpaired) electrons. The highest BCUT2D eigenvalue weighted by Gasteiger charge is 2.12. The van der Waals surface area contributed by atoms with E-state index >= 15 is 0 Å². The Labute approximate surface area is 152 Å². The highest BCUT2D eigenvalue weighted by Crippen LogP contribution is 2.16. The first kappa shape index (κ1) is 18.9. The zero-order valence-corrected chi connectivity index (χ0v) is 14.9. The van der Waals surface area contributed by atoms with Crippen LogP contribution in [0.3, 0.4) is 0 Å². The lowest BCUT2D eigenvalue weighted by atomic mass is 10.1. The number of nitrogens with zero attached hydrogens (tertiary/aromatic N) is 1. The molecular formula is C21H20N2O3. The molecule has 5 nitrogen and oxygen atoms in total. The molecule has 2 aromatic carbocycles. The molecule has 1 amide bonds. The number of anilines is 1. The normalized spacial score (nSPS) is 11.0. The molecule has 2 aromatic rings. The fourth-order valence-electron chi connectivity index (χ4n) is 2.20. The van der Waals surface area contributed by atoms with E-state index < -0.39 is 5.97 Å². The standard InChI is InChI=1S/C21H20N2O3/c1-14(2)26-21(25)18(13-22)11-16-5-4-6-19(12-16)23-20(24)17-9-7-15(3)8-10-17/h4-12,14H,1-3H3,(H,23,24)/b18-11+. The number of carbonyl (C=O) groups excluding carboxylic acids is 2. The van der Waals surface area contributed by atoms with Gasteiger partial charge in [0.15, 0.2) is 0 Å². The fraction of sp³-hybridized carbons (Fsp3) is 0.190. The Morgan fingerprint density at radius 2 is 1.85 bits per heavy atom. The molecule has 0 aromatic heterocycles. The van der Waals surface area contributed by atoms with Crippen LogP contribution in [-0.4, -0.2) is 18.0 Å². The molecule has 0 aliphatic heterocycles. The van der Waals surface area contributed by atoms with Crippen molar-refractivity contribution in [3.63, 3.8) is 0 Å². The van der Waals surface area contributed by atoms with Crippen LogP contribution in [0.4, 0.5) is 5.69 Å². The SMILES string of the molecule is Cc1ccc(C(=O)Nc2cccc(/C=C(\C#N)C(=O)OC(C)C)c2)cc1. The highest BCUT2D eigenvalue weighted by atomic mass is 16.5. The number of aryl methyl sites for hydroxylation is 1. The second-order valence-corrected chi connectivity index (χ2v) is 6.07. The maximum atomic E-state index is 12.3. The quantitative estimate of drug-likeness (QED) is 0.501. The van der Waals surface area contributed by atoms with Gasteiger partial charge in [-0.05, 0) is 56.7 Å². The van der Waals surface area contributed by atoms with Crippen molar-refractivity contribution in [3.05, 3.63) is 70.8 Å². The molecule has 0 atom stereocenters. The molecule has 5 heteroatoms. The smallest absolute Gasteiger partial charge is 0.349 e. The van der Waals surface area contributed by atoms with Crippen molar-refractivity contribution in [3.8, 4) is 6.07 Å². The van der Waals surface area contributed by atoms with Gasteiger partial charge in [-0.3, -0.25) is 4.79 Å². The number of hydrogen-bond acceptors (Lipinski definition) is 4. The molecule has 0 aliphatic rings. The van der Waals surface area contributed by atoms with Crippen LogP contribution in [-0.2, 0) is 9.53 Å². The number of nitrogens with one attached hydrogen (secondary N) is 1. The lowest BCUT2D eigenvalue weighted by Crippen LogP contribution is -2.13. The summed E-state index contributed by atoms with van der Waals surface area (Å²) in [4.78, 5) is 24.2. The lowest BCUT2D eigenvalue weighted by Gasteiger charge is -2.08. The molecule has 0 aliphatic carbocycles. The highest BCUT2D eigenvalue weighted by molar-refractivity contribution is 6.04. The van der Waals surface area contributed by atoms with E-state index in [1.807, 2.05) is 25.1 Å². The van der Waals surface area contributed by atoms with E-state index in [9.17, 15) is 9.59 Å². The van der Waals surface area contributed by atoms with Crippen LogP contribution in [0.5, 0.6) is 0 Å².